The number of urea groups is 1. The molecule has 3 atom stereocenters. The van der Waals surface area contributed by atoms with Crippen LogP contribution in [0.25, 0.3) is 11.1 Å². The fourth-order valence-electron chi connectivity index (χ4n) is 4.53. The molecule has 2 aromatic carbocycles. The van der Waals surface area contributed by atoms with Crippen molar-refractivity contribution in [1.82, 2.24) is 15.1 Å². The number of amides is 3. The van der Waals surface area contributed by atoms with Crippen LogP contribution in [-0.4, -0.2) is 65.2 Å². The largest absolute Gasteiger partial charge is 0.394 e. The van der Waals surface area contributed by atoms with Gasteiger partial charge in [-0.1, -0.05) is 61.5 Å². The van der Waals surface area contributed by atoms with Crippen molar-refractivity contribution in [1.29, 1.82) is 0 Å². The maximum Gasteiger partial charge on any atom is 0.317 e. The molecule has 2 N–H and O–H groups in total. The molecule has 0 spiro atoms. The summed E-state index contributed by atoms with van der Waals surface area (Å²) in [6, 6.07) is 18.0. The Morgan fingerprint density at radius 2 is 1.79 bits per heavy atom. The predicted octanol–water partition coefficient (Wildman–Crippen LogP) is 2.44. The first-order valence-electron chi connectivity index (χ1n) is 10.2. The summed E-state index contributed by atoms with van der Waals surface area (Å²) in [6.07, 6.45) is 0.853. The number of aliphatic hydroxyl groups excluding tert-OH is 1. The molecule has 2 heterocycles. The average molecular weight is 393 g/mol. The summed E-state index contributed by atoms with van der Waals surface area (Å²) in [5.74, 6) is -0.0698. The van der Waals surface area contributed by atoms with E-state index in [9.17, 15) is 14.7 Å². The van der Waals surface area contributed by atoms with E-state index in [0.717, 1.165) is 23.1 Å². The highest BCUT2D eigenvalue weighted by Crippen LogP contribution is 2.43. The lowest BCUT2D eigenvalue weighted by Crippen LogP contribution is -2.73. The maximum atomic E-state index is 12.6. The van der Waals surface area contributed by atoms with Crippen LogP contribution < -0.4 is 5.32 Å². The number of fused-ring (bicyclic) bond motifs is 1. The Kier molecular flexibility index (Phi) is 5.53. The number of nitrogens with one attached hydrogen (secondary N) is 1. The number of nitrogens with zero attached hydrogens (tertiary/aromatic N) is 2. The van der Waals surface area contributed by atoms with Gasteiger partial charge in [-0.15, -0.1) is 0 Å². The number of aliphatic hydroxyl groups is 1. The highest BCUT2D eigenvalue weighted by molar-refractivity contribution is 5.87. The molecule has 2 aromatic rings. The zero-order chi connectivity index (χ0) is 20.4. The Hall–Kier alpha value is -2.86. The van der Waals surface area contributed by atoms with Gasteiger partial charge in [0, 0.05) is 19.0 Å². The van der Waals surface area contributed by atoms with Crippen molar-refractivity contribution in [2.75, 3.05) is 26.2 Å². The van der Waals surface area contributed by atoms with Gasteiger partial charge in [-0.05, 0) is 23.1 Å². The summed E-state index contributed by atoms with van der Waals surface area (Å²) >= 11 is 0. The maximum absolute atomic E-state index is 12.6. The molecule has 0 unspecified atom stereocenters. The smallest absolute Gasteiger partial charge is 0.317 e. The fourth-order valence-corrected chi connectivity index (χ4v) is 4.53. The molecule has 29 heavy (non-hydrogen) atoms. The Morgan fingerprint density at radius 1 is 1.10 bits per heavy atom. The summed E-state index contributed by atoms with van der Waals surface area (Å²) in [5.41, 5.74) is 3.37. The Morgan fingerprint density at radius 3 is 2.45 bits per heavy atom. The van der Waals surface area contributed by atoms with Crippen LogP contribution in [0.5, 0.6) is 0 Å². The van der Waals surface area contributed by atoms with Crippen molar-refractivity contribution in [2.45, 2.75) is 31.3 Å². The summed E-state index contributed by atoms with van der Waals surface area (Å²) in [4.78, 5) is 28.4. The molecule has 4 rings (SSSR count). The van der Waals surface area contributed by atoms with Gasteiger partial charge in [0.2, 0.25) is 5.91 Å². The molecule has 2 aliphatic heterocycles. The third kappa shape index (κ3) is 3.60. The summed E-state index contributed by atoms with van der Waals surface area (Å²) in [6.45, 7) is 3.08. The number of hydrogen-bond donors (Lipinski definition) is 2. The van der Waals surface area contributed by atoms with Crippen LogP contribution >= 0.6 is 0 Å². The van der Waals surface area contributed by atoms with Gasteiger partial charge < -0.3 is 20.2 Å². The van der Waals surface area contributed by atoms with Gasteiger partial charge in [-0.3, -0.25) is 4.79 Å². The summed E-state index contributed by atoms with van der Waals surface area (Å²) in [5, 5.41) is 12.8. The zero-order valence-corrected chi connectivity index (χ0v) is 16.6. The first-order chi connectivity index (χ1) is 14.1. The zero-order valence-electron chi connectivity index (χ0n) is 16.6. The van der Waals surface area contributed by atoms with Gasteiger partial charge in [-0.25, -0.2) is 4.79 Å². The molecule has 0 aromatic heterocycles. The fraction of sp³-hybridized carbons (Fsp3) is 0.391. The molecule has 152 valence electrons. The van der Waals surface area contributed by atoms with Gasteiger partial charge in [0.1, 0.15) is 6.54 Å². The van der Waals surface area contributed by atoms with E-state index in [1.807, 2.05) is 25.1 Å². The second-order valence-electron chi connectivity index (χ2n) is 7.74. The van der Waals surface area contributed by atoms with Crippen LogP contribution in [0, 0.1) is 0 Å². The SMILES string of the molecule is CCCNC(=O)N1CC(=O)N2[C@H](CO)[C@H](c3ccc(-c4ccccc4)cc3)[C@@H]2C1. The molecule has 0 saturated carbocycles. The van der Waals surface area contributed by atoms with Crippen LogP contribution in [0.4, 0.5) is 4.79 Å². The lowest BCUT2D eigenvalue weighted by molar-refractivity contribution is -0.159. The number of hydrogen-bond acceptors (Lipinski definition) is 3. The van der Waals surface area contributed by atoms with Crippen molar-refractivity contribution in [2.24, 2.45) is 0 Å². The van der Waals surface area contributed by atoms with Gasteiger partial charge in [0.15, 0.2) is 0 Å². The van der Waals surface area contributed by atoms with Crippen molar-refractivity contribution < 1.29 is 14.7 Å². The monoisotopic (exact) mass is 393 g/mol. The Bertz CT molecular complexity index is 869. The Balaban J connectivity index is 1.53. The first-order valence-corrected chi connectivity index (χ1v) is 10.2. The molecule has 0 aliphatic carbocycles. The topological polar surface area (TPSA) is 72.9 Å². The van der Waals surface area contributed by atoms with Crippen molar-refractivity contribution >= 4 is 11.9 Å². The normalized spacial score (nSPS) is 23.4. The molecule has 0 radical (unpaired) electrons. The minimum atomic E-state index is -0.226. The van der Waals surface area contributed by atoms with Gasteiger partial charge in [0.25, 0.3) is 0 Å². The highest BCUT2D eigenvalue weighted by atomic mass is 16.3. The van der Waals surface area contributed by atoms with Crippen LogP contribution in [0.1, 0.15) is 24.8 Å². The third-order valence-corrected chi connectivity index (χ3v) is 5.97. The molecule has 3 amide bonds. The van der Waals surface area contributed by atoms with E-state index < -0.39 is 0 Å². The van der Waals surface area contributed by atoms with Crippen LogP contribution in [0.2, 0.25) is 0 Å². The molecule has 2 aliphatic rings. The second kappa shape index (κ2) is 8.25. The predicted molar refractivity (Wildman–Crippen MR) is 111 cm³/mol. The van der Waals surface area contributed by atoms with Gasteiger partial charge in [-0.2, -0.15) is 0 Å². The highest BCUT2D eigenvalue weighted by Gasteiger charge is 2.54. The third-order valence-electron chi connectivity index (χ3n) is 5.97. The van der Waals surface area contributed by atoms with E-state index in [-0.39, 0.29) is 43.1 Å². The molecule has 6 nitrogen and oxygen atoms in total. The molecule has 6 heteroatoms. The minimum absolute atomic E-state index is 0.0237. The van der Waals surface area contributed by atoms with Gasteiger partial charge >= 0.3 is 6.03 Å². The van der Waals surface area contributed by atoms with Crippen LogP contribution in [-0.2, 0) is 4.79 Å². The first kappa shape index (κ1) is 19.5. The quantitative estimate of drug-likeness (QED) is 0.820. The lowest BCUT2D eigenvalue weighted by Gasteiger charge is -2.58. The van der Waals surface area contributed by atoms with E-state index in [1.54, 1.807) is 9.80 Å². The van der Waals surface area contributed by atoms with E-state index >= 15 is 0 Å². The van der Waals surface area contributed by atoms with E-state index in [4.69, 9.17) is 0 Å². The van der Waals surface area contributed by atoms with Crippen LogP contribution in [0.15, 0.2) is 54.6 Å². The van der Waals surface area contributed by atoms with E-state index in [1.165, 1.54) is 0 Å². The number of benzene rings is 2. The molecule has 2 saturated heterocycles. The number of piperazine rings is 1. The molecular weight excluding hydrogens is 366 g/mol. The number of rotatable bonds is 5. The van der Waals surface area contributed by atoms with Crippen molar-refractivity contribution in [3.8, 4) is 11.1 Å². The van der Waals surface area contributed by atoms with E-state index in [0.29, 0.717) is 13.1 Å². The molecule has 0 bridgehead atoms. The summed E-state index contributed by atoms with van der Waals surface area (Å²) < 4.78 is 0. The standard InChI is InChI=1S/C23H27N3O3/c1-2-12-24-23(29)25-13-19-22(20(15-27)26(19)21(28)14-25)18-10-8-17(9-11-18)16-6-4-3-5-7-16/h3-11,19-20,22,27H,2,12-15H2,1H3,(H,24,29)/t19-,20+,22+/m0/s1. The minimum Gasteiger partial charge on any atom is -0.394 e. The number of carbonyl (C=O) groups excluding carboxylic acids is 2. The molecular formula is C23H27N3O3. The van der Waals surface area contributed by atoms with Crippen LogP contribution in [0.3, 0.4) is 0 Å². The van der Waals surface area contributed by atoms with Crippen molar-refractivity contribution in [3.05, 3.63) is 60.2 Å². The second-order valence-corrected chi connectivity index (χ2v) is 7.74. The Labute approximate surface area is 171 Å². The molecule has 2 fully saturated rings. The number of carbonyl (C=O) groups is 2. The summed E-state index contributed by atoms with van der Waals surface area (Å²) in [7, 11) is 0. The lowest BCUT2D eigenvalue weighted by atomic mass is 9.73. The van der Waals surface area contributed by atoms with Gasteiger partial charge in [0.05, 0.1) is 18.7 Å². The average Bonchev–Trinajstić information content (AvgIpc) is 2.74. The van der Waals surface area contributed by atoms with Crippen molar-refractivity contribution in [3.63, 3.8) is 0 Å². The van der Waals surface area contributed by atoms with E-state index in [2.05, 4.69) is 41.7 Å².